The molecule has 0 saturated heterocycles. The third-order valence-electron chi connectivity index (χ3n) is 1.85. The van der Waals surface area contributed by atoms with E-state index in [0.29, 0.717) is 0 Å². The van der Waals surface area contributed by atoms with E-state index in [4.69, 9.17) is 4.42 Å². The van der Waals surface area contributed by atoms with E-state index in [9.17, 15) is 0 Å². The molecule has 0 spiro atoms. The van der Waals surface area contributed by atoms with Gasteiger partial charge in [-0.2, -0.15) is 0 Å². The largest absolute Gasteiger partial charge is 0.465 e. The molecule has 0 N–H and O–H groups in total. The Bertz CT molecular complexity index is 412. The maximum Gasteiger partial charge on any atom is 0.126 e. The van der Waals surface area contributed by atoms with Crippen LogP contribution in [0.5, 0.6) is 0 Å². The van der Waals surface area contributed by atoms with E-state index >= 15 is 0 Å². The Morgan fingerprint density at radius 2 is 1.79 bits per heavy atom. The summed E-state index contributed by atoms with van der Waals surface area (Å²) in [5.74, 6) is 0.868. The molecular formula is C12H9BrO. The maximum atomic E-state index is 5.18. The zero-order chi connectivity index (χ0) is 9.80. The third-order valence-corrected chi connectivity index (χ3v) is 2.38. The average molecular weight is 249 g/mol. The minimum atomic E-state index is 0.868. The van der Waals surface area contributed by atoms with Crippen molar-refractivity contribution < 1.29 is 4.42 Å². The lowest BCUT2D eigenvalue weighted by Gasteiger charge is -1.92. The number of halogens is 1. The van der Waals surface area contributed by atoms with Gasteiger partial charge in [0.15, 0.2) is 0 Å². The fourth-order valence-electron chi connectivity index (χ4n) is 1.14. The number of hydrogen-bond acceptors (Lipinski definition) is 1. The van der Waals surface area contributed by atoms with Crippen LogP contribution in [-0.2, 0) is 0 Å². The number of furan rings is 1. The molecule has 0 aliphatic heterocycles. The van der Waals surface area contributed by atoms with Crippen LogP contribution in [0.3, 0.4) is 0 Å². The predicted molar refractivity (Wildman–Crippen MR) is 61.8 cm³/mol. The second kappa shape index (κ2) is 4.29. The Hall–Kier alpha value is -1.28. The Morgan fingerprint density at radius 1 is 1.00 bits per heavy atom. The summed E-state index contributed by atoms with van der Waals surface area (Å²) in [5.41, 5.74) is 1.16. The fourth-order valence-corrected chi connectivity index (χ4v) is 1.40. The van der Waals surface area contributed by atoms with E-state index in [-0.39, 0.29) is 0 Å². The molecule has 0 unspecified atom stereocenters. The molecule has 0 atom stereocenters. The topological polar surface area (TPSA) is 13.1 Å². The molecule has 1 heterocycles. The van der Waals surface area contributed by atoms with Gasteiger partial charge in [-0.3, -0.25) is 0 Å². The number of hydrogen-bond donors (Lipinski definition) is 0. The minimum Gasteiger partial charge on any atom is -0.465 e. The van der Waals surface area contributed by atoms with E-state index in [1.54, 1.807) is 6.26 Å². The lowest BCUT2D eigenvalue weighted by atomic mass is 10.2. The average Bonchev–Trinajstić information content (AvgIpc) is 2.70. The first kappa shape index (κ1) is 9.28. The van der Waals surface area contributed by atoms with Crippen LogP contribution < -0.4 is 0 Å². The molecule has 0 bridgehead atoms. The summed E-state index contributed by atoms with van der Waals surface area (Å²) < 4.78 is 6.27. The highest BCUT2D eigenvalue weighted by Crippen LogP contribution is 2.13. The summed E-state index contributed by atoms with van der Waals surface area (Å²) in [6, 6.07) is 11.9. The van der Waals surface area contributed by atoms with Gasteiger partial charge in [-0.25, -0.2) is 0 Å². The van der Waals surface area contributed by atoms with Crippen LogP contribution in [0, 0.1) is 0 Å². The van der Waals surface area contributed by atoms with Gasteiger partial charge in [0.25, 0.3) is 0 Å². The molecule has 0 aliphatic carbocycles. The predicted octanol–water partition coefficient (Wildman–Crippen LogP) is 4.21. The van der Waals surface area contributed by atoms with Crippen molar-refractivity contribution in [2.75, 3.05) is 0 Å². The number of benzene rings is 1. The summed E-state index contributed by atoms with van der Waals surface area (Å²) in [5, 5.41) is 0. The Labute approximate surface area is 91.2 Å². The van der Waals surface area contributed by atoms with Gasteiger partial charge in [0.1, 0.15) is 5.76 Å². The molecule has 0 radical (unpaired) electrons. The molecule has 70 valence electrons. The molecule has 0 aliphatic rings. The van der Waals surface area contributed by atoms with Crippen molar-refractivity contribution in [2.24, 2.45) is 0 Å². The molecule has 2 aromatic rings. The molecule has 1 nitrogen and oxygen atoms in total. The van der Waals surface area contributed by atoms with Crippen molar-refractivity contribution in [3.8, 4) is 0 Å². The van der Waals surface area contributed by atoms with Crippen LogP contribution in [-0.4, -0.2) is 0 Å². The Balaban J connectivity index is 2.15. The lowest BCUT2D eigenvalue weighted by Crippen LogP contribution is -1.70. The van der Waals surface area contributed by atoms with E-state index in [1.807, 2.05) is 48.6 Å². The maximum absolute atomic E-state index is 5.18. The highest BCUT2D eigenvalue weighted by Gasteiger charge is 1.89. The van der Waals surface area contributed by atoms with Gasteiger partial charge < -0.3 is 4.42 Å². The van der Waals surface area contributed by atoms with Crippen LogP contribution in [0.2, 0.25) is 0 Å². The van der Waals surface area contributed by atoms with Gasteiger partial charge in [-0.05, 0) is 35.9 Å². The molecule has 0 amide bonds. The van der Waals surface area contributed by atoms with Crippen LogP contribution >= 0.6 is 15.9 Å². The summed E-state index contributed by atoms with van der Waals surface area (Å²) in [4.78, 5) is 0. The van der Waals surface area contributed by atoms with Gasteiger partial charge in [-0.1, -0.05) is 34.1 Å². The monoisotopic (exact) mass is 248 g/mol. The molecule has 2 rings (SSSR count). The van der Waals surface area contributed by atoms with E-state index in [2.05, 4.69) is 15.9 Å². The third kappa shape index (κ3) is 2.36. The first-order valence-corrected chi connectivity index (χ1v) is 5.11. The number of rotatable bonds is 2. The summed E-state index contributed by atoms with van der Waals surface area (Å²) in [6.45, 7) is 0. The Morgan fingerprint density at radius 3 is 2.43 bits per heavy atom. The lowest BCUT2D eigenvalue weighted by molar-refractivity contribution is 0.557. The van der Waals surface area contributed by atoms with Crippen molar-refractivity contribution in [2.45, 2.75) is 0 Å². The summed E-state index contributed by atoms with van der Waals surface area (Å²) >= 11 is 3.39. The van der Waals surface area contributed by atoms with E-state index in [1.165, 1.54) is 0 Å². The van der Waals surface area contributed by atoms with Crippen molar-refractivity contribution >= 4 is 28.1 Å². The highest BCUT2D eigenvalue weighted by atomic mass is 79.9. The van der Waals surface area contributed by atoms with Gasteiger partial charge in [0.05, 0.1) is 6.26 Å². The molecule has 1 aromatic heterocycles. The summed E-state index contributed by atoms with van der Waals surface area (Å²) in [6.07, 6.45) is 5.63. The van der Waals surface area contributed by atoms with Gasteiger partial charge in [0, 0.05) is 4.47 Å². The van der Waals surface area contributed by atoms with Gasteiger partial charge >= 0.3 is 0 Å². The highest BCUT2D eigenvalue weighted by molar-refractivity contribution is 9.10. The van der Waals surface area contributed by atoms with Crippen LogP contribution in [0.1, 0.15) is 11.3 Å². The Kier molecular flexibility index (Phi) is 2.84. The zero-order valence-corrected chi connectivity index (χ0v) is 9.07. The van der Waals surface area contributed by atoms with Crippen molar-refractivity contribution in [3.05, 3.63) is 58.5 Å². The molecule has 14 heavy (non-hydrogen) atoms. The zero-order valence-electron chi connectivity index (χ0n) is 7.48. The van der Waals surface area contributed by atoms with E-state index in [0.717, 1.165) is 15.8 Å². The smallest absolute Gasteiger partial charge is 0.126 e. The minimum absolute atomic E-state index is 0.868. The van der Waals surface area contributed by atoms with Crippen LogP contribution in [0.25, 0.3) is 12.2 Å². The van der Waals surface area contributed by atoms with Crippen LogP contribution in [0.15, 0.2) is 51.6 Å². The molecular weight excluding hydrogens is 240 g/mol. The standard InChI is InChI=1S/C12H9BrO/c13-11-6-3-10(4-7-11)5-8-12-2-1-9-14-12/h1-9H/b8-5+. The summed E-state index contributed by atoms with van der Waals surface area (Å²) in [7, 11) is 0. The van der Waals surface area contributed by atoms with Crippen molar-refractivity contribution in [1.29, 1.82) is 0 Å². The SMILES string of the molecule is Brc1ccc(/C=C/c2ccco2)cc1. The van der Waals surface area contributed by atoms with Crippen molar-refractivity contribution in [1.82, 2.24) is 0 Å². The molecule has 0 fully saturated rings. The normalized spacial score (nSPS) is 10.9. The first-order valence-electron chi connectivity index (χ1n) is 4.32. The van der Waals surface area contributed by atoms with Gasteiger partial charge in [0.2, 0.25) is 0 Å². The van der Waals surface area contributed by atoms with Crippen LogP contribution in [0.4, 0.5) is 0 Å². The van der Waals surface area contributed by atoms with E-state index < -0.39 is 0 Å². The second-order valence-electron chi connectivity index (χ2n) is 2.90. The molecule has 0 saturated carbocycles. The second-order valence-corrected chi connectivity index (χ2v) is 3.82. The molecule has 2 heteroatoms. The quantitative estimate of drug-likeness (QED) is 0.776. The molecule has 1 aromatic carbocycles. The fraction of sp³-hybridized carbons (Fsp3) is 0. The van der Waals surface area contributed by atoms with Gasteiger partial charge in [-0.15, -0.1) is 0 Å². The first-order chi connectivity index (χ1) is 6.84. The van der Waals surface area contributed by atoms with Crippen molar-refractivity contribution in [3.63, 3.8) is 0 Å².